The number of amides is 2. The molecule has 0 spiro atoms. The Morgan fingerprint density at radius 2 is 1.71 bits per heavy atom. The van der Waals surface area contributed by atoms with Gasteiger partial charge in [0, 0.05) is 38.4 Å². The van der Waals surface area contributed by atoms with Crippen LogP contribution in [0.4, 0.5) is 23.7 Å². The molecule has 0 bridgehead atoms. The van der Waals surface area contributed by atoms with Crippen molar-refractivity contribution >= 4 is 17.8 Å². The monoisotopic (exact) mass is 389 g/mol. The maximum Gasteiger partial charge on any atom is 0.416 e. The summed E-state index contributed by atoms with van der Waals surface area (Å²) >= 11 is 0. The normalized spacial score (nSPS) is 15.8. The van der Waals surface area contributed by atoms with E-state index < -0.39 is 11.7 Å². The lowest BCUT2D eigenvalue weighted by Crippen LogP contribution is -2.49. The summed E-state index contributed by atoms with van der Waals surface area (Å²) in [5, 5.41) is 2.56. The molecule has 1 N–H and O–H groups in total. The Bertz CT molecular complexity index is 813. The number of anilines is 1. The van der Waals surface area contributed by atoms with Crippen molar-refractivity contribution in [2.24, 2.45) is 0 Å². The highest BCUT2D eigenvalue weighted by Crippen LogP contribution is 2.30. The van der Waals surface area contributed by atoms with Gasteiger partial charge in [-0.2, -0.15) is 13.2 Å². The van der Waals surface area contributed by atoms with E-state index in [9.17, 15) is 18.0 Å². The van der Waals surface area contributed by atoms with Crippen molar-refractivity contribution in [1.29, 1.82) is 0 Å². The Labute approximate surface area is 162 Å². The molecule has 4 nitrogen and oxygen atoms in total. The fourth-order valence-corrected chi connectivity index (χ4v) is 3.01. The van der Waals surface area contributed by atoms with Crippen molar-refractivity contribution in [2.75, 3.05) is 38.0 Å². The van der Waals surface area contributed by atoms with Crippen molar-refractivity contribution in [3.63, 3.8) is 0 Å². The van der Waals surface area contributed by atoms with Gasteiger partial charge in [-0.1, -0.05) is 48.6 Å². The number of hydrogen-bond donors (Lipinski definition) is 1. The van der Waals surface area contributed by atoms with Crippen LogP contribution in [0.2, 0.25) is 0 Å². The number of nitrogens with one attached hydrogen (secondary N) is 1. The number of alkyl halides is 3. The molecular weight excluding hydrogens is 367 g/mol. The van der Waals surface area contributed by atoms with Crippen LogP contribution < -0.4 is 5.32 Å². The van der Waals surface area contributed by atoms with Crippen LogP contribution in [-0.2, 0) is 6.18 Å². The first kappa shape index (κ1) is 19.9. The molecule has 0 atom stereocenters. The molecular formula is C21H22F3N3O. The van der Waals surface area contributed by atoms with Gasteiger partial charge in [-0.3, -0.25) is 4.90 Å². The lowest BCUT2D eigenvalue weighted by atomic mass is 10.2. The van der Waals surface area contributed by atoms with Crippen LogP contribution in [0.3, 0.4) is 0 Å². The second kappa shape index (κ2) is 8.93. The summed E-state index contributed by atoms with van der Waals surface area (Å²) < 4.78 is 38.3. The van der Waals surface area contributed by atoms with Gasteiger partial charge in [-0.05, 0) is 23.8 Å². The average Bonchev–Trinajstić information content (AvgIpc) is 2.69. The third-order valence-electron chi connectivity index (χ3n) is 4.57. The van der Waals surface area contributed by atoms with Crippen LogP contribution in [0, 0.1) is 0 Å². The minimum absolute atomic E-state index is 0.146. The molecule has 2 aromatic carbocycles. The number of carbonyl (C=O) groups is 1. The molecule has 1 saturated heterocycles. The number of halogens is 3. The van der Waals surface area contributed by atoms with Crippen LogP contribution in [0.25, 0.3) is 6.08 Å². The van der Waals surface area contributed by atoms with Gasteiger partial charge < -0.3 is 10.2 Å². The van der Waals surface area contributed by atoms with Crippen molar-refractivity contribution in [1.82, 2.24) is 9.80 Å². The van der Waals surface area contributed by atoms with E-state index in [1.807, 2.05) is 30.3 Å². The van der Waals surface area contributed by atoms with E-state index in [1.165, 1.54) is 12.1 Å². The molecule has 148 valence electrons. The molecule has 2 amide bonds. The quantitative estimate of drug-likeness (QED) is 0.832. The predicted octanol–water partition coefficient (Wildman–Crippen LogP) is 4.57. The van der Waals surface area contributed by atoms with Gasteiger partial charge in [-0.25, -0.2) is 4.79 Å². The van der Waals surface area contributed by atoms with E-state index in [2.05, 4.69) is 22.4 Å². The number of benzene rings is 2. The van der Waals surface area contributed by atoms with Gasteiger partial charge in [0.1, 0.15) is 0 Å². The molecule has 1 aliphatic rings. The van der Waals surface area contributed by atoms with Crippen molar-refractivity contribution in [3.05, 3.63) is 71.8 Å². The maximum absolute atomic E-state index is 12.8. The first-order valence-electron chi connectivity index (χ1n) is 9.09. The first-order valence-corrected chi connectivity index (χ1v) is 9.09. The maximum atomic E-state index is 12.8. The number of nitrogens with zero attached hydrogens (tertiary/aromatic N) is 2. The van der Waals surface area contributed by atoms with Crippen LogP contribution in [0.5, 0.6) is 0 Å². The molecule has 0 unspecified atom stereocenters. The van der Waals surface area contributed by atoms with E-state index >= 15 is 0 Å². The summed E-state index contributed by atoms with van der Waals surface area (Å²) in [6.07, 6.45) is -0.278. The molecule has 0 radical (unpaired) electrons. The van der Waals surface area contributed by atoms with Gasteiger partial charge in [0.25, 0.3) is 0 Å². The lowest BCUT2D eigenvalue weighted by molar-refractivity contribution is -0.137. The van der Waals surface area contributed by atoms with E-state index in [0.717, 1.165) is 37.3 Å². The number of urea groups is 1. The van der Waals surface area contributed by atoms with Gasteiger partial charge in [0.2, 0.25) is 0 Å². The summed E-state index contributed by atoms with van der Waals surface area (Å²) in [7, 11) is 0. The van der Waals surface area contributed by atoms with Crippen molar-refractivity contribution in [2.45, 2.75) is 6.18 Å². The van der Waals surface area contributed by atoms with Crippen LogP contribution in [0.15, 0.2) is 60.7 Å². The van der Waals surface area contributed by atoms with Crippen LogP contribution in [-0.4, -0.2) is 48.6 Å². The van der Waals surface area contributed by atoms with Gasteiger partial charge >= 0.3 is 12.2 Å². The fourth-order valence-electron chi connectivity index (χ4n) is 3.01. The molecule has 1 heterocycles. The van der Waals surface area contributed by atoms with Crippen LogP contribution >= 0.6 is 0 Å². The largest absolute Gasteiger partial charge is 0.416 e. The molecule has 28 heavy (non-hydrogen) atoms. The Balaban J connectivity index is 1.47. The fraction of sp³-hybridized carbons (Fsp3) is 0.286. The van der Waals surface area contributed by atoms with E-state index in [4.69, 9.17) is 0 Å². The summed E-state index contributed by atoms with van der Waals surface area (Å²) in [4.78, 5) is 16.2. The first-order chi connectivity index (χ1) is 13.4. The summed E-state index contributed by atoms with van der Waals surface area (Å²) in [6, 6.07) is 14.3. The molecule has 0 aliphatic carbocycles. The topological polar surface area (TPSA) is 35.6 Å². The number of hydrogen-bond acceptors (Lipinski definition) is 2. The lowest BCUT2D eigenvalue weighted by Gasteiger charge is -2.34. The molecule has 1 fully saturated rings. The van der Waals surface area contributed by atoms with Crippen molar-refractivity contribution < 1.29 is 18.0 Å². The second-order valence-corrected chi connectivity index (χ2v) is 6.61. The molecule has 3 rings (SSSR count). The third-order valence-corrected chi connectivity index (χ3v) is 4.57. The average molecular weight is 389 g/mol. The highest BCUT2D eigenvalue weighted by Gasteiger charge is 2.30. The van der Waals surface area contributed by atoms with Gasteiger partial charge in [0.15, 0.2) is 0 Å². The summed E-state index contributed by atoms with van der Waals surface area (Å²) in [5.41, 5.74) is 0.509. The third kappa shape index (κ3) is 5.60. The van der Waals surface area contributed by atoms with E-state index in [1.54, 1.807) is 4.90 Å². The zero-order valence-corrected chi connectivity index (χ0v) is 15.3. The molecule has 1 aliphatic heterocycles. The SMILES string of the molecule is O=C(Nc1cccc(C(F)(F)F)c1)N1CCN(C/C=C/c2ccccc2)CC1. The standard InChI is InChI=1S/C21H22F3N3O/c22-21(23,24)18-9-4-10-19(16-18)25-20(28)27-14-12-26(13-15-27)11-5-8-17-6-2-1-3-7-17/h1-10,16H,11-15H2,(H,25,28)/b8-5+. The molecule has 2 aromatic rings. The number of rotatable bonds is 4. The minimum Gasteiger partial charge on any atom is -0.322 e. The zero-order valence-electron chi connectivity index (χ0n) is 15.3. The Hall–Kier alpha value is -2.80. The Morgan fingerprint density at radius 3 is 2.39 bits per heavy atom. The van der Waals surface area contributed by atoms with Crippen molar-refractivity contribution in [3.8, 4) is 0 Å². The second-order valence-electron chi connectivity index (χ2n) is 6.61. The predicted molar refractivity (Wildman–Crippen MR) is 104 cm³/mol. The zero-order chi connectivity index (χ0) is 20.0. The highest BCUT2D eigenvalue weighted by atomic mass is 19.4. The Kier molecular flexibility index (Phi) is 6.36. The Morgan fingerprint density at radius 1 is 1.00 bits per heavy atom. The molecule has 7 heteroatoms. The smallest absolute Gasteiger partial charge is 0.322 e. The number of piperazine rings is 1. The minimum atomic E-state index is -4.43. The number of carbonyl (C=O) groups excluding carboxylic acids is 1. The van der Waals surface area contributed by atoms with E-state index in [-0.39, 0.29) is 11.7 Å². The summed E-state index contributed by atoms with van der Waals surface area (Å²) in [6.45, 7) is 3.29. The van der Waals surface area contributed by atoms with E-state index in [0.29, 0.717) is 13.1 Å². The van der Waals surface area contributed by atoms with Gasteiger partial charge in [0.05, 0.1) is 5.56 Å². The molecule has 0 saturated carbocycles. The molecule has 0 aromatic heterocycles. The highest BCUT2D eigenvalue weighted by molar-refractivity contribution is 5.89. The van der Waals surface area contributed by atoms with Gasteiger partial charge in [-0.15, -0.1) is 0 Å². The summed E-state index contributed by atoms with van der Waals surface area (Å²) in [5.74, 6) is 0. The van der Waals surface area contributed by atoms with Crippen LogP contribution in [0.1, 0.15) is 11.1 Å².